The Balaban J connectivity index is 0.00000156. The molecule has 4 rings (SSSR count). The molecule has 3 N–H and O–H groups in total. The molecule has 23 heavy (non-hydrogen) atoms. The van der Waals surface area contributed by atoms with Crippen LogP contribution in [0.15, 0.2) is 18.2 Å². The first kappa shape index (κ1) is 15.6. The zero-order chi connectivity index (χ0) is 14.9. The molecule has 8 heteroatoms. The number of nitrogens with zero attached hydrogens (tertiary/aromatic N) is 1. The fourth-order valence-corrected chi connectivity index (χ4v) is 2.72. The Morgan fingerprint density at radius 1 is 1.22 bits per heavy atom. The number of rotatable bonds is 2. The largest absolute Gasteiger partial charge is 0.486 e. The van der Waals surface area contributed by atoms with Gasteiger partial charge in [0.15, 0.2) is 17.2 Å². The number of anilines is 1. The van der Waals surface area contributed by atoms with E-state index in [2.05, 4.69) is 20.8 Å². The molecule has 0 atom stereocenters. The van der Waals surface area contributed by atoms with Crippen LogP contribution in [0.4, 0.5) is 5.69 Å². The highest BCUT2D eigenvalue weighted by Gasteiger charge is 2.22. The van der Waals surface area contributed by atoms with Gasteiger partial charge in [-0.3, -0.25) is 9.89 Å². The second-order valence-electron chi connectivity index (χ2n) is 5.27. The van der Waals surface area contributed by atoms with E-state index in [4.69, 9.17) is 9.47 Å². The zero-order valence-electron chi connectivity index (χ0n) is 12.3. The summed E-state index contributed by atoms with van der Waals surface area (Å²) in [6, 6.07) is 5.36. The van der Waals surface area contributed by atoms with Crippen molar-refractivity contribution >= 4 is 24.0 Å². The highest BCUT2D eigenvalue weighted by molar-refractivity contribution is 6.04. The number of ether oxygens (including phenoxy) is 2. The van der Waals surface area contributed by atoms with Crippen LogP contribution in [0.2, 0.25) is 0 Å². The third-order valence-electron chi connectivity index (χ3n) is 3.82. The third-order valence-corrected chi connectivity index (χ3v) is 3.82. The molecule has 0 radical (unpaired) electrons. The summed E-state index contributed by atoms with van der Waals surface area (Å²) in [7, 11) is 0. The van der Waals surface area contributed by atoms with Crippen LogP contribution in [0.5, 0.6) is 11.5 Å². The van der Waals surface area contributed by atoms with E-state index in [1.807, 2.05) is 0 Å². The van der Waals surface area contributed by atoms with Crippen LogP contribution in [-0.2, 0) is 13.0 Å². The van der Waals surface area contributed by atoms with E-state index in [-0.39, 0.29) is 18.3 Å². The fourth-order valence-electron chi connectivity index (χ4n) is 2.72. The van der Waals surface area contributed by atoms with Crippen molar-refractivity contribution in [2.45, 2.75) is 13.0 Å². The Kier molecular flexibility index (Phi) is 4.40. The summed E-state index contributed by atoms with van der Waals surface area (Å²) < 4.78 is 11.0. The van der Waals surface area contributed by atoms with E-state index < -0.39 is 0 Å². The predicted molar refractivity (Wildman–Crippen MR) is 86.6 cm³/mol. The molecule has 1 amide bonds. The van der Waals surface area contributed by atoms with E-state index in [0.29, 0.717) is 42.6 Å². The maximum atomic E-state index is 12.4. The minimum Gasteiger partial charge on any atom is -0.486 e. The molecule has 1 aromatic carbocycles. The normalized spacial score (nSPS) is 15.3. The van der Waals surface area contributed by atoms with Crippen LogP contribution in [0.1, 0.15) is 21.7 Å². The van der Waals surface area contributed by atoms with Gasteiger partial charge in [-0.1, -0.05) is 0 Å². The first-order valence-corrected chi connectivity index (χ1v) is 7.29. The van der Waals surface area contributed by atoms with Crippen LogP contribution >= 0.6 is 12.4 Å². The predicted octanol–water partition coefficient (Wildman–Crippen LogP) is 1.50. The number of halogens is 1. The van der Waals surface area contributed by atoms with Crippen molar-refractivity contribution in [2.75, 3.05) is 25.1 Å². The van der Waals surface area contributed by atoms with Gasteiger partial charge in [0.1, 0.15) is 13.2 Å². The van der Waals surface area contributed by atoms with Crippen molar-refractivity contribution in [3.8, 4) is 11.5 Å². The summed E-state index contributed by atoms with van der Waals surface area (Å²) in [5.41, 5.74) is 3.08. The summed E-state index contributed by atoms with van der Waals surface area (Å²) >= 11 is 0. The molecular weight excluding hydrogens is 320 g/mol. The van der Waals surface area contributed by atoms with Crippen molar-refractivity contribution in [3.05, 3.63) is 35.2 Å². The van der Waals surface area contributed by atoms with Gasteiger partial charge in [0.05, 0.1) is 0 Å². The standard InChI is InChI=1S/C15H16N4O3.ClH/c20-15(14-10-8-16-4-3-11(10)18-19-14)17-9-1-2-12-13(7-9)22-6-5-21-12;/h1-2,7,16H,3-6,8H2,(H,17,20)(H,18,19);1H. The van der Waals surface area contributed by atoms with Crippen LogP contribution in [-0.4, -0.2) is 35.9 Å². The summed E-state index contributed by atoms with van der Waals surface area (Å²) in [6.07, 6.45) is 0.861. The molecular formula is C15H17ClN4O3. The van der Waals surface area contributed by atoms with Gasteiger partial charge in [-0.2, -0.15) is 5.10 Å². The van der Waals surface area contributed by atoms with Gasteiger partial charge in [0, 0.05) is 42.5 Å². The van der Waals surface area contributed by atoms with Crippen molar-refractivity contribution in [1.29, 1.82) is 0 Å². The molecule has 0 bridgehead atoms. The number of benzene rings is 1. The number of hydrogen-bond acceptors (Lipinski definition) is 5. The minimum absolute atomic E-state index is 0. The van der Waals surface area contributed by atoms with Gasteiger partial charge in [-0.15, -0.1) is 12.4 Å². The third kappa shape index (κ3) is 2.97. The number of fused-ring (bicyclic) bond motifs is 2. The Morgan fingerprint density at radius 2 is 2.04 bits per heavy atom. The molecule has 2 aromatic rings. The fraction of sp³-hybridized carbons (Fsp3) is 0.333. The van der Waals surface area contributed by atoms with Crippen LogP contribution < -0.4 is 20.1 Å². The van der Waals surface area contributed by atoms with Gasteiger partial charge >= 0.3 is 0 Å². The lowest BCUT2D eigenvalue weighted by Crippen LogP contribution is -2.25. The molecule has 0 saturated carbocycles. The quantitative estimate of drug-likeness (QED) is 0.773. The monoisotopic (exact) mass is 336 g/mol. The number of aromatic amines is 1. The lowest BCUT2D eigenvalue weighted by atomic mass is 10.1. The van der Waals surface area contributed by atoms with Gasteiger partial charge in [0.2, 0.25) is 0 Å². The van der Waals surface area contributed by atoms with Crippen molar-refractivity contribution in [1.82, 2.24) is 15.5 Å². The first-order chi connectivity index (χ1) is 10.8. The van der Waals surface area contributed by atoms with Crippen LogP contribution in [0, 0.1) is 0 Å². The highest BCUT2D eigenvalue weighted by atomic mass is 35.5. The molecule has 2 aliphatic rings. The number of amides is 1. The average Bonchev–Trinajstić information content (AvgIpc) is 2.99. The molecule has 0 spiro atoms. The maximum Gasteiger partial charge on any atom is 0.276 e. The minimum atomic E-state index is -0.224. The SMILES string of the molecule is Cl.O=C(Nc1ccc2c(c1)OCCO2)c1n[nH]c2c1CNCC2. The summed E-state index contributed by atoms with van der Waals surface area (Å²) in [5, 5.41) is 13.2. The number of hydrogen-bond donors (Lipinski definition) is 3. The summed E-state index contributed by atoms with van der Waals surface area (Å²) in [6.45, 7) is 2.63. The Hall–Kier alpha value is -2.25. The van der Waals surface area contributed by atoms with E-state index in [1.165, 1.54) is 0 Å². The van der Waals surface area contributed by atoms with Crippen molar-refractivity contribution in [3.63, 3.8) is 0 Å². The van der Waals surface area contributed by atoms with E-state index >= 15 is 0 Å². The topological polar surface area (TPSA) is 88.3 Å². The van der Waals surface area contributed by atoms with Gasteiger partial charge in [-0.25, -0.2) is 0 Å². The molecule has 0 unspecified atom stereocenters. The first-order valence-electron chi connectivity index (χ1n) is 7.29. The molecule has 7 nitrogen and oxygen atoms in total. The van der Waals surface area contributed by atoms with Gasteiger partial charge in [0.25, 0.3) is 5.91 Å². The zero-order valence-corrected chi connectivity index (χ0v) is 13.2. The molecule has 0 aliphatic carbocycles. The van der Waals surface area contributed by atoms with Crippen molar-refractivity contribution < 1.29 is 14.3 Å². The second-order valence-corrected chi connectivity index (χ2v) is 5.27. The van der Waals surface area contributed by atoms with E-state index in [9.17, 15) is 4.79 Å². The van der Waals surface area contributed by atoms with E-state index in [0.717, 1.165) is 24.2 Å². The molecule has 0 fully saturated rings. The number of carbonyl (C=O) groups is 1. The van der Waals surface area contributed by atoms with Crippen LogP contribution in [0.25, 0.3) is 0 Å². The lowest BCUT2D eigenvalue weighted by Gasteiger charge is -2.19. The lowest BCUT2D eigenvalue weighted by molar-refractivity contribution is 0.102. The Labute approximate surface area is 139 Å². The summed E-state index contributed by atoms with van der Waals surface area (Å²) in [5.74, 6) is 1.12. The van der Waals surface area contributed by atoms with Gasteiger partial charge in [-0.05, 0) is 12.1 Å². The number of H-pyrrole nitrogens is 1. The summed E-state index contributed by atoms with van der Waals surface area (Å²) in [4.78, 5) is 12.4. The van der Waals surface area contributed by atoms with Crippen molar-refractivity contribution in [2.24, 2.45) is 0 Å². The average molecular weight is 337 g/mol. The smallest absolute Gasteiger partial charge is 0.276 e. The molecule has 0 saturated heterocycles. The molecule has 2 aliphatic heterocycles. The second kappa shape index (κ2) is 6.47. The number of aromatic nitrogens is 2. The molecule has 122 valence electrons. The highest BCUT2D eigenvalue weighted by Crippen LogP contribution is 2.32. The number of carbonyl (C=O) groups excluding carboxylic acids is 1. The Bertz CT molecular complexity index is 732. The maximum absolute atomic E-state index is 12.4. The van der Waals surface area contributed by atoms with Gasteiger partial charge < -0.3 is 20.1 Å². The molecule has 1 aromatic heterocycles. The van der Waals surface area contributed by atoms with E-state index in [1.54, 1.807) is 18.2 Å². The van der Waals surface area contributed by atoms with Crippen LogP contribution in [0.3, 0.4) is 0 Å². The molecule has 3 heterocycles. The number of nitrogens with one attached hydrogen (secondary N) is 3. The Morgan fingerprint density at radius 3 is 2.91 bits per heavy atom.